The maximum Gasteiger partial charge on any atom is -0.0233 e. The van der Waals surface area contributed by atoms with Gasteiger partial charge in [-0.05, 0) is 23.7 Å². The zero-order valence-corrected chi connectivity index (χ0v) is 7.46. The van der Waals surface area contributed by atoms with Gasteiger partial charge in [-0.3, -0.25) is 0 Å². The molecule has 0 saturated heterocycles. The number of rotatable bonds is 0. The summed E-state index contributed by atoms with van der Waals surface area (Å²) < 4.78 is 0. The summed E-state index contributed by atoms with van der Waals surface area (Å²) in [5.41, 5.74) is 0. The van der Waals surface area contributed by atoms with E-state index in [-0.39, 0.29) is 0 Å². The third-order valence-corrected chi connectivity index (χ3v) is 3.21. The van der Waals surface area contributed by atoms with Crippen LogP contribution in [0.2, 0.25) is 0 Å². The van der Waals surface area contributed by atoms with Crippen LogP contribution < -0.4 is 0 Å². The van der Waals surface area contributed by atoms with Crippen LogP contribution in [0.1, 0.15) is 27.7 Å². The molecule has 0 saturated carbocycles. The van der Waals surface area contributed by atoms with Gasteiger partial charge in [0, 0.05) is 0 Å². The van der Waals surface area contributed by atoms with Gasteiger partial charge in [0.2, 0.25) is 0 Å². The summed E-state index contributed by atoms with van der Waals surface area (Å²) in [6.07, 6.45) is 4.71. The molecule has 0 fully saturated rings. The van der Waals surface area contributed by atoms with Gasteiger partial charge < -0.3 is 0 Å². The molecule has 0 aromatic rings. The predicted molar refractivity (Wildman–Crippen MR) is 45.8 cm³/mol. The Kier molecular flexibility index (Phi) is 2.18. The molecule has 0 aliphatic heterocycles. The monoisotopic (exact) mass is 138 g/mol. The molecule has 4 atom stereocenters. The highest BCUT2D eigenvalue weighted by Crippen LogP contribution is 2.32. The quantitative estimate of drug-likeness (QED) is 0.451. The Bertz CT molecular complexity index is 119. The van der Waals surface area contributed by atoms with Crippen LogP contribution >= 0.6 is 0 Å². The van der Waals surface area contributed by atoms with Crippen LogP contribution in [0.15, 0.2) is 12.2 Å². The Balaban J connectivity index is 2.69. The van der Waals surface area contributed by atoms with E-state index in [1.165, 1.54) is 0 Å². The second kappa shape index (κ2) is 2.77. The normalized spacial score (nSPS) is 47.6. The second-order valence-corrected chi connectivity index (χ2v) is 3.82. The molecule has 0 heterocycles. The zero-order chi connectivity index (χ0) is 7.72. The zero-order valence-electron chi connectivity index (χ0n) is 7.46. The Morgan fingerprint density at radius 3 is 1.30 bits per heavy atom. The summed E-state index contributed by atoms with van der Waals surface area (Å²) in [4.78, 5) is 0. The minimum Gasteiger partial charge on any atom is -0.0851 e. The van der Waals surface area contributed by atoms with Crippen molar-refractivity contribution in [3.63, 3.8) is 0 Å². The predicted octanol–water partition coefficient (Wildman–Crippen LogP) is 3.10. The summed E-state index contributed by atoms with van der Waals surface area (Å²) in [7, 11) is 0. The van der Waals surface area contributed by atoms with E-state index in [4.69, 9.17) is 0 Å². The molecule has 0 radical (unpaired) electrons. The van der Waals surface area contributed by atoms with Crippen LogP contribution in [0.5, 0.6) is 0 Å². The lowest BCUT2D eigenvalue weighted by Gasteiger charge is -2.31. The highest BCUT2D eigenvalue weighted by Gasteiger charge is 2.24. The molecule has 0 heteroatoms. The van der Waals surface area contributed by atoms with E-state index >= 15 is 0 Å². The van der Waals surface area contributed by atoms with Crippen LogP contribution in [-0.4, -0.2) is 0 Å². The summed E-state index contributed by atoms with van der Waals surface area (Å²) in [5, 5.41) is 0. The highest BCUT2D eigenvalue weighted by atomic mass is 14.3. The lowest BCUT2D eigenvalue weighted by Crippen LogP contribution is -2.24. The fourth-order valence-electron chi connectivity index (χ4n) is 1.66. The Labute approximate surface area is 64.3 Å². The molecule has 10 heavy (non-hydrogen) atoms. The van der Waals surface area contributed by atoms with Crippen molar-refractivity contribution in [3.05, 3.63) is 12.2 Å². The lowest BCUT2D eigenvalue weighted by atomic mass is 9.74. The molecule has 0 N–H and O–H groups in total. The Morgan fingerprint density at radius 1 is 0.700 bits per heavy atom. The molecule has 0 bridgehead atoms. The molecule has 1 rings (SSSR count). The van der Waals surface area contributed by atoms with Crippen molar-refractivity contribution in [2.24, 2.45) is 23.7 Å². The first-order chi connectivity index (χ1) is 4.63. The van der Waals surface area contributed by atoms with Gasteiger partial charge in [-0.2, -0.15) is 0 Å². The third kappa shape index (κ3) is 1.25. The molecular weight excluding hydrogens is 120 g/mol. The standard InChI is InChI=1S/C10H18/c1-7-5-6-8(2)10(4)9(7)3/h5-10H,1-4H3/t7-,8+,9-,10+. The molecule has 0 unspecified atom stereocenters. The van der Waals surface area contributed by atoms with Crippen LogP contribution in [0.4, 0.5) is 0 Å². The average molecular weight is 138 g/mol. The first kappa shape index (κ1) is 7.84. The van der Waals surface area contributed by atoms with Gasteiger partial charge in [0.05, 0.1) is 0 Å². The molecule has 58 valence electrons. The molecule has 1 aliphatic rings. The summed E-state index contributed by atoms with van der Waals surface area (Å²) in [5.74, 6) is 3.29. The fourth-order valence-corrected chi connectivity index (χ4v) is 1.66. The maximum atomic E-state index is 2.36. The number of allylic oxidation sites excluding steroid dienone is 2. The van der Waals surface area contributed by atoms with E-state index in [0.29, 0.717) is 0 Å². The van der Waals surface area contributed by atoms with Gasteiger partial charge in [0.25, 0.3) is 0 Å². The van der Waals surface area contributed by atoms with Crippen molar-refractivity contribution in [1.29, 1.82) is 0 Å². The fraction of sp³-hybridized carbons (Fsp3) is 0.800. The maximum absolute atomic E-state index is 2.36. The topological polar surface area (TPSA) is 0 Å². The van der Waals surface area contributed by atoms with Crippen molar-refractivity contribution >= 4 is 0 Å². The van der Waals surface area contributed by atoms with Gasteiger partial charge >= 0.3 is 0 Å². The Hall–Kier alpha value is -0.260. The van der Waals surface area contributed by atoms with E-state index in [1.807, 2.05) is 0 Å². The van der Waals surface area contributed by atoms with Crippen LogP contribution in [0.3, 0.4) is 0 Å². The SMILES string of the molecule is C[C@@H]1[C@H](C)[C@H](C)C=C[C@@H]1C. The first-order valence-corrected chi connectivity index (χ1v) is 4.31. The Morgan fingerprint density at radius 2 is 1.00 bits per heavy atom. The van der Waals surface area contributed by atoms with E-state index in [2.05, 4.69) is 39.8 Å². The summed E-state index contributed by atoms with van der Waals surface area (Å²) >= 11 is 0. The molecule has 0 amide bonds. The van der Waals surface area contributed by atoms with E-state index in [9.17, 15) is 0 Å². The van der Waals surface area contributed by atoms with E-state index in [0.717, 1.165) is 23.7 Å². The van der Waals surface area contributed by atoms with Gasteiger partial charge in [-0.25, -0.2) is 0 Å². The van der Waals surface area contributed by atoms with Crippen LogP contribution in [-0.2, 0) is 0 Å². The van der Waals surface area contributed by atoms with Crippen molar-refractivity contribution in [2.75, 3.05) is 0 Å². The van der Waals surface area contributed by atoms with Gasteiger partial charge in [-0.15, -0.1) is 0 Å². The van der Waals surface area contributed by atoms with Crippen molar-refractivity contribution < 1.29 is 0 Å². The van der Waals surface area contributed by atoms with Crippen LogP contribution in [0, 0.1) is 23.7 Å². The van der Waals surface area contributed by atoms with Crippen molar-refractivity contribution in [1.82, 2.24) is 0 Å². The second-order valence-electron chi connectivity index (χ2n) is 3.82. The van der Waals surface area contributed by atoms with Gasteiger partial charge in [0.1, 0.15) is 0 Å². The molecule has 0 aromatic carbocycles. The van der Waals surface area contributed by atoms with Crippen molar-refractivity contribution in [3.8, 4) is 0 Å². The smallest absolute Gasteiger partial charge is 0.0233 e. The third-order valence-electron chi connectivity index (χ3n) is 3.21. The van der Waals surface area contributed by atoms with Crippen molar-refractivity contribution in [2.45, 2.75) is 27.7 Å². The molecular formula is C10H18. The molecule has 0 nitrogen and oxygen atoms in total. The van der Waals surface area contributed by atoms with E-state index in [1.54, 1.807) is 0 Å². The van der Waals surface area contributed by atoms with E-state index < -0.39 is 0 Å². The molecule has 0 spiro atoms. The minimum atomic E-state index is 0.784. The van der Waals surface area contributed by atoms with Crippen LogP contribution in [0.25, 0.3) is 0 Å². The average Bonchev–Trinajstić information content (AvgIpc) is 1.93. The number of hydrogen-bond acceptors (Lipinski definition) is 0. The first-order valence-electron chi connectivity index (χ1n) is 4.31. The summed E-state index contributed by atoms with van der Waals surface area (Å²) in [6.45, 7) is 9.33. The van der Waals surface area contributed by atoms with Gasteiger partial charge in [0.15, 0.2) is 0 Å². The largest absolute Gasteiger partial charge is 0.0851 e. The lowest BCUT2D eigenvalue weighted by molar-refractivity contribution is 0.250. The highest BCUT2D eigenvalue weighted by molar-refractivity contribution is 5.00. The molecule has 1 aliphatic carbocycles. The summed E-state index contributed by atoms with van der Waals surface area (Å²) in [6, 6.07) is 0. The molecule has 0 aromatic heterocycles. The minimum absolute atomic E-state index is 0.784. The van der Waals surface area contributed by atoms with Gasteiger partial charge in [-0.1, -0.05) is 39.8 Å². The number of hydrogen-bond donors (Lipinski definition) is 0.